The molecule has 0 radical (unpaired) electrons. The minimum atomic E-state index is -4.93. The van der Waals surface area contributed by atoms with Crippen molar-refractivity contribution in [1.29, 1.82) is 0 Å². The highest BCUT2D eigenvalue weighted by Crippen LogP contribution is 2.43. The lowest BCUT2D eigenvalue weighted by Gasteiger charge is -2.43. The Morgan fingerprint density at radius 2 is 1.08 bits per heavy atom. The van der Waals surface area contributed by atoms with E-state index in [0.717, 1.165) is 57.3 Å². The van der Waals surface area contributed by atoms with Crippen molar-refractivity contribution in [2.75, 3.05) is 63.0 Å². The smallest absolute Gasteiger partial charge is 0.351 e. The van der Waals surface area contributed by atoms with Gasteiger partial charge in [-0.15, -0.1) is 22.7 Å². The summed E-state index contributed by atoms with van der Waals surface area (Å²) in [7, 11) is 0. The Kier molecular flexibility index (Phi) is 15.0. The van der Waals surface area contributed by atoms with Crippen LogP contribution in [0.25, 0.3) is 12.2 Å². The third-order valence-electron chi connectivity index (χ3n) is 14.5. The van der Waals surface area contributed by atoms with Gasteiger partial charge in [-0.2, -0.15) is 13.2 Å². The molecule has 22 heteroatoms. The zero-order valence-electron chi connectivity index (χ0n) is 39.9. The van der Waals surface area contributed by atoms with Gasteiger partial charge in [0.15, 0.2) is 0 Å². The SMILES string of the molecule is NC(=O)N1CCC2(CC1)Cc1cc(/C=C/C(=O)N3CC=C(Cc4nccs4)CC3)cnc1NC2=O.O=C(/C=C/c1cnc2c(c1)CC1(CCN(C(=O)C(F)(F)F)CC1)C(=O)N2)N1CC=C(Cc2nccs2)CC1. The molecule has 0 bridgehead atoms. The van der Waals surface area contributed by atoms with E-state index in [1.54, 1.807) is 69.3 Å². The second-order valence-electron chi connectivity index (χ2n) is 19.2. The Bertz CT molecular complexity index is 2890. The molecule has 2 fully saturated rings. The number of nitrogens with two attached hydrogens (primary N) is 1. The fraction of sp³-hybridized carbons (Fsp3) is 0.412. The first-order valence-electron chi connectivity index (χ1n) is 24.1. The maximum absolute atomic E-state index is 12.8. The van der Waals surface area contributed by atoms with Crippen LogP contribution in [0.5, 0.6) is 0 Å². The normalized spacial score (nSPS) is 19.4. The number of primary amides is 1. The Morgan fingerprint density at radius 3 is 1.45 bits per heavy atom. The molecule has 10 heterocycles. The molecule has 73 heavy (non-hydrogen) atoms. The number of urea groups is 1. The van der Waals surface area contributed by atoms with Gasteiger partial charge in [0, 0.05) is 113 Å². The van der Waals surface area contributed by atoms with Crippen LogP contribution < -0.4 is 16.4 Å². The number of aromatic nitrogens is 4. The number of nitrogens with one attached hydrogen (secondary N) is 2. The van der Waals surface area contributed by atoms with Gasteiger partial charge in [-0.1, -0.05) is 23.3 Å². The van der Waals surface area contributed by atoms with Gasteiger partial charge in [-0.05, 0) is 97.9 Å². The molecule has 17 nitrogen and oxygen atoms in total. The van der Waals surface area contributed by atoms with Gasteiger partial charge >= 0.3 is 18.1 Å². The van der Waals surface area contributed by atoms with E-state index in [0.29, 0.717) is 82.2 Å². The first kappa shape index (κ1) is 50.9. The summed E-state index contributed by atoms with van der Waals surface area (Å²) in [5, 5.41) is 11.8. The van der Waals surface area contributed by atoms with Crippen molar-refractivity contribution in [3.8, 4) is 0 Å². The fourth-order valence-corrected chi connectivity index (χ4v) is 11.5. The minimum absolute atomic E-state index is 0.0316. The van der Waals surface area contributed by atoms with Crippen LogP contribution in [0.3, 0.4) is 0 Å². The number of pyridine rings is 2. The van der Waals surface area contributed by atoms with Crippen LogP contribution in [0, 0.1) is 10.8 Å². The molecule has 6 aliphatic heterocycles. The zero-order valence-corrected chi connectivity index (χ0v) is 41.5. The zero-order chi connectivity index (χ0) is 51.3. The summed E-state index contributed by atoms with van der Waals surface area (Å²) in [6.07, 6.45) is 18.2. The Labute approximate surface area is 427 Å². The molecule has 2 saturated heterocycles. The Balaban J connectivity index is 0.000000180. The lowest BCUT2D eigenvalue weighted by molar-refractivity contribution is -0.187. The molecule has 10 rings (SSSR count). The molecular weight excluding hydrogens is 984 g/mol. The number of alkyl halides is 3. The number of carbonyl (C=O) groups is 6. The largest absolute Gasteiger partial charge is 0.471 e. The van der Waals surface area contributed by atoms with E-state index in [-0.39, 0.29) is 49.6 Å². The summed E-state index contributed by atoms with van der Waals surface area (Å²) in [5.74, 6) is -1.38. The maximum Gasteiger partial charge on any atom is 0.471 e. The standard InChI is InChI=1S/C26H26F3N5O3S.C25H28N6O3S/c27-26(28,29)24(37)34-10-5-25(6-11-34)15-19-13-18(16-31-22(19)32-23(25)36)1-2-21(35)33-8-3-17(4-9-33)14-20-30-7-12-38-20;26-24(34)31-10-5-25(6-11-31)15-19-13-18(16-28-22(19)29-23(25)33)1-2-21(32)30-8-3-17(4-9-30)14-20-27-7-12-35-20/h1-3,7,12-13,16H,4-6,8-11,14-15H2,(H,31,32,36);1-3,7,12-13,16H,4-6,8-11,14-15H2,(H2,26,34)(H,28,29,33)/b2*2-1+. The maximum atomic E-state index is 12.8. The van der Waals surface area contributed by atoms with Crippen LogP contribution in [0.2, 0.25) is 0 Å². The first-order valence-corrected chi connectivity index (χ1v) is 25.9. The fourth-order valence-electron chi connectivity index (χ4n) is 10.1. The lowest BCUT2D eigenvalue weighted by atomic mass is 9.71. The number of hydrogen-bond acceptors (Lipinski definition) is 12. The summed E-state index contributed by atoms with van der Waals surface area (Å²) < 4.78 is 38.4. The average molecular weight is 1040 g/mol. The highest BCUT2D eigenvalue weighted by molar-refractivity contribution is 7.09. The molecule has 0 aromatic carbocycles. The second-order valence-corrected chi connectivity index (χ2v) is 21.1. The van der Waals surface area contributed by atoms with Crippen LogP contribution in [0.15, 0.2) is 83.1 Å². The van der Waals surface area contributed by atoms with Crippen molar-refractivity contribution < 1.29 is 41.9 Å². The summed E-state index contributed by atoms with van der Waals surface area (Å²) in [4.78, 5) is 97.5. The molecule has 2 spiro atoms. The van der Waals surface area contributed by atoms with Gasteiger partial charge in [0.05, 0.1) is 20.8 Å². The monoisotopic (exact) mass is 1040 g/mol. The second kappa shape index (κ2) is 21.6. The highest BCUT2D eigenvalue weighted by Gasteiger charge is 2.50. The number of hydrogen-bond donors (Lipinski definition) is 3. The van der Waals surface area contributed by atoms with Crippen LogP contribution in [-0.4, -0.2) is 134 Å². The van der Waals surface area contributed by atoms with Gasteiger partial charge in [-0.25, -0.2) is 24.7 Å². The molecule has 4 aromatic heterocycles. The number of piperidine rings is 2. The predicted molar refractivity (Wildman–Crippen MR) is 269 cm³/mol. The summed E-state index contributed by atoms with van der Waals surface area (Å²) in [6.45, 7) is 3.12. The number of amides is 7. The number of carbonyl (C=O) groups excluding carboxylic acids is 6. The number of halogens is 3. The molecule has 0 atom stereocenters. The van der Waals surface area contributed by atoms with Crippen LogP contribution in [-0.2, 0) is 49.7 Å². The van der Waals surface area contributed by atoms with E-state index in [1.807, 2.05) is 34.0 Å². The molecule has 0 aliphatic carbocycles. The van der Waals surface area contributed by atoms with Crippen LogP contribution in [0.1, 0.15) is 70.8 Å². The number of rotatable bonds is 8. The van der Waals surface area contributed by atoms with Crippen LogP contribution >= 0.6 is 22.7 Å². The van der Waals surface area contributed by atoms with Gasteiger partial charge in [0.2, 0.25) is 23.6 Å². The average Bonchev–Trinajstić information content (AvgIpc) is 4.11. The van der Waals surface area contributed by atoms with Gasteiger partial charge in [0.1, 0.15) is 11.6 Å². The first-order chi connectivity index (χ1) is 35.0. The molecule has 382 valence electrons. The topological polar surface area (TPSA) is 217 Å². The molecule has 0 unspecified atom stereocenters. The van der Waals surface area contributed by atoms with Crippen molar-refractivity contribution in [2.24, 2.45) is 16.6 Å². The summed E-state index contributed by atoms with van der Waals surface area (Å²) >= 11 is 3.27. The summed E-state index contributed by atoms with van der Waals surface area (Å²) in [5.41, 5.74) is 9.73. The van der Waals surface area contributed by atoms with Crippen molar-refractivity contribution in [3.63, 3.8) is 0 Å². The Hall–Kier alpha value is -7.07. The van der Waals surface area contributed by atoms with E-state index < -0.39 is 28.9 Å². The van der Waals surface area contributed by atoms with Crippen molar-refractivity contribution in [3.05, 3.63) is 115 Å². The van der Waals surface area contributed by atoms with Crippen molar-refractivity contribution in [1.82, 2.24) is 39.5 Å². The molecular formula is C51H54F3N11O6S2. The highest BCUT2D eigenvalue weighted by atomic mass is 32.1. The third-order valence-corrected chi connectivity index (χ3v) is 16.1. The molecule has 4 N–H and O–H groups in total. The van der Waals surface area contributed by atoms with Crippen molar-refractivity contribution >= 4 is 82.0 Å². The lowest BCUT2D eigenvalue weighted by Crippen LogP contribution is -2.53. The van der Waals surface area contributed by atoms with Gasteiger partial charge in [0.25, 0.3) is 0 Å². The van der Waals surface area contributed by atoms with E-state index in [2.05, 4.69) is 42.7 Å². The van der Waals surface area contributed by atoms with E-state index in [4.69, 9.17) is 5.73 Å². The number of fused-ring (bicyclic) bond motifs is 2. The van der Waals surface area contributed by atoms with Gasteiger partial charge in [-0.3, -0.25) is 24.0 Å². The minimum Gasteiger partial charge on any atom is -0.351 e. The van der Waals surface area contributed by atoms with E-state index in [9.17, 15) is 41.9 Å². The van der Waals surface area contributed by atoms with Gasteiger partial charge < -0.3 is 36.0 Å². The molecule has 4 aromatic rings. The Morgan fingerprint density at radius 1 is 0.644 bits per heavy atom. The van der Waals surface area contributed by atoms with E-state index in [1.165, 1.54) is 17.2 Å². The quantitative estimate of drug-likeness (QED) is 0.134. The molecule has 7 amide bonds. The van der Waals surface area contributed by atoms with Crippen molar-refractivity contribution in [2.45, 2.75) is 70.4 Å². The molecule has 0 saturated carbocycles. The van der Waals surface area contributed by atoms with Crippen LogP contribution in [0.4, 0.5) is 29.6 Å². The number of nitrogens with zero attached hydrogens (tertiary/aromatic N) is 8. The predicted octanol–water partition coefficient (Wildman–Crippen LogP) is 6.23. The third kappa shape index (κ3) is 11.9. The van der Waals surface area contributed by atoms with E-state index >= 15 is 0 Å². The summed E-state index contributed by atoms with van der Waals surface area (Å²) in [6, 6.07) is 3.37. The number of anilines is 2. The number of thiazole rings is 2. The molecule has 6 aliphatic rings. The number of likely N-dealkylation sites (tertiary alicyclic amines) is 2.